The van der Waals surface area contributed by atoms with Crippen molar-refractivity contribution in [3.05, 3.63) is 0 Å². The molecule has 1 heterocycles. The Morgan fingerprint density at radius 3 is 2.82 bits per heavy atom. The van der Waals surface area contributed by atoms with Gasteiger partial charge in [-0.05, 0) is 6.92 Å². The van der Waals surface area contributed by atoms with Gasteiger partial charge in [-0.2, -0.15) is 0 Å². The van der Waals surface area contributed by atoms with E-state index >= 15 is 0 Å². The second-order valence-corrected chi connectivity index (χ2v) is 3.47. The van der Waals surface area contributed by atoms with E-state index in [0.29, 0.717) is 12.3 Å². The number of aliphatic hydroxyl groups excluding tert-OH is 1. The molecule has 0 radical (unpaired) electrons. The van der Waals surface area contributed by atoms with Crippen LogP contribution in [-0.4, -0.2) is 34.1 Å². The zero-order valence-electron chi connectivity index (χ0n) is 6.46. The van der Waals surface area contributed by atoms with Gasteiger partial charge in [-0.25, -0.2) is 0 Å². The third-order valence-corrected chi connectivity index (χ3v) is 2.09. The van der Waals surface area contributed by atoms with Gasteiger partial charge in [-0.15, -0.1) is 11.6 Å². The molecule has 1 aliphatic heterocycles. The molecular weight excluding hydrogens is 168 g/mol. The summed E-state index contributed by atoms with van der Waals surface area (Å²) in [5, 5.41) is 18.7. The van der Waals surface area contributed by atoms with Crippen LogP contribution >= 0.6 is 11.6 Å². The molecule has 3 unspecified atom stereocenters. The summed E-state index contributed by atoms with van der Waals surface area (Å²) in [4.78, 5) is 0. The van der Waals surface area contributed by atoms with Crippen molar-refractivity contribution < 1.29 is 14.9 Å². The van der Waals surface area contributed by atoms with Crippen molar-refractivity contribution in [2.45, 2.75) is 37.8 Å². The molecule has 1 rings (SSSR count). The van der Waals surface area contributed by atoms with Crippen LogP contribution in [-0.2, 0) is 4.74 Å². The summed E-state index contributed by atoms with van der Waals surface area (Å²) in [7, 11) is 0. The van der Waals surface area contributed by atoms with E-state index in [1.165, 1.54) is 6.92 Å². The number of aliphatic hydroxyl groups is 2. The van der Waals surface area contributed by atoms with Crippen LogP contribution in [0.2, 0.25) is 0 Å². The Hall–Kier alpha value is 0.170. The van der Waals surface area contributed by atoms with Crippen LogP contribution in [0.15, 0.2) is 0 Å². The topological polar surface area (TPSA) is 49.7 Å². The van der Waals surface area contributed by atoms with E-state index in [1.54, 1.807) is 0 Å². The Balaban J connectivity index is 2.51. The molecule has 0 aromatic heterocycles. The number of ether oxygens (including phenoxy) is 1. The van der Waals surface area contributed by atoms with Crippen LogP contribution in [0.5, 0.6) is 0 Å². The lowest BCUT2D eigenvalue weighted by Crippen LogP contribution is -2.44. The van der Waals surface area contributed by atoms with Crippen molar-refractivity contribution in [1.29, 1.82) is 0 Å². The molecule has 66 valence electrons. The summed E-state index contributed by atoms with van der Waals surface area (Å²) in [5.74, 6) is -0.898. The maximum Gasteiger partial charge on any atom is 0.165 e. The van der Waals surface area contributed by atoms with Gasteiger partial charge >= 0.3 is 0 Å². The first-order valence-electron chi connectivity index (χ1n) is 3.68. The maximum absolute atomic E-state index is 9.41. The van der Waals surface area contributed by atoms with Crippen LogP contribution < -0.4 is 0 Å². The van der Waals surface area contributed by atoms with E-state index in [1.807, 2.05) is 0 Å². The summed E-state index contributed by atoms with van der Waals surface area (Å²) < 4.78 is 5.16. The van der Waals surface area contributed by atoms with E-state index in [-0.39, 0.29) is 12.5 Å². The smallest absolute Gasteiger partial charge is 0.165 e. The van der Waals surface area contributed by atoms with Gasteiger partial charge in [0.05, 0.1) is 12.2 Å². The van der Waals surface area contributed by atoms with Crippen molar-refractivity contribution >= 4 is 11.6 Å². The second kappa shape index (κ2) is 3.27. The zero-order chi connectivity index (χ0) is 8.48. The van der Waals surface area contributed by atoms with Gasteiger partial charge in [0, 0.05) is 18.7 Å². The fourth-order valence-corrected chi connectivity index (χ4v) is 1.56. The molecule has 1 saturated heterocycles. The summed E-state index contributed by atoms with van der Waals surface area (Å²) in [5.41, 5.74) is 0. The fourth-order valence-electron chi connectivity index (χ4n) is 1.37. The lowest BCUT2D eigenvalue weighted by Gasteiger charge is -2.36. The van der Waals surface area contributed by atoms with Gasteiger partial charge in [0.25, 0.3) is 0 Å². The number of hydrogen-bond donors (Lipinski definition) is 2. The van der Waals surface area contributed by atoms with Gasteiger partial charge < -0.3 is 14.9 Å². The number of alkyl halides is 1. The largest absolute Gasteiger partial charge is 0.393 e. The highest BCUT2D eigenvalue weighted by atomic mass is 35.5. The lowest BCUT2D eigenvalue weighted by atomic mass is 10.0. The van der Waals surface area contributed by atoms with Crippen LogP contribution in [0.1, 0.15) is 19.8 Å². The molecule has 4 heteroatoms. The minimum atomic E-state index is -1.21. The van der Waals surface area contributed by atoms with E-state index < -0.39 is 11.9 Å². The van der Waals surface area contributed by atoms with Gasteiger partial charge in [-0.3, -0.25) is 0 Å². The van der Waals surface area contributed by atoms with Crippen molar-refractivity contribution in [3.8, 4) is 0 Å². The molecule has 11 heavy (non-hydrogen) atoms. The molecule has 2 N–H and O–H groups in total. The standard InChI is InChI=1S/C7H13ClO3/c1-7(10)3-5(9)2-6(4-8)11-7/h5-6,9-10H,2-4H2,1H3. The van der Waals surface area contributed by atoms with Crippen LogP contribution in [0, 0.1) is 0 Å². The maximum atomic E-state index is 9.41. The van der Waals surface area contributed by atoms with Gasteiger partial charge in [0.15, 0.2) is 5.79 Å². The molecule has 0 bridgehead atoms. The first-order valence-corrected chi connectivity index (χ1v) is 4.21. The Bertz CT molecular complexity index is 138. The molecule has 0 aliphatic carbocycles. The van der Waals surface area contributed by atoms with Gasteiger partial charge in [-0.1, -0.05) is 0 Å². The van der Waals surface area contributed by atoms with Gasteiger partial charge in [0.2, 0.25) is 0 Å². The summed E-state index contributed by atoms with van der Waals surface area (Å²) in [6.07, 6.45) is 0.0537. The number of hydrogen-bond acceptors (Lipinski definition) is 3. The molecule has 1 fully saturated rings. The fraction of sp³-hybridized carbons (Fsp3) is 1.00. The minimum absolute atomic E-state index is 0.226. The van der Waals surface area contributed by atoms with Crippen molar-refractivity contribution in [2.75, 3.05) is 5.88 Å². The zero-order valence-corrected chi connectivity index (χ0v) is 7.21. The highest BCUT2D eigenvalue weighted by Gasteiger charge is 2.35. The first-order chi connectivity index (χ1) is 5.03. The quantitative estimate of drug-likeness (QED) is 0.577. The molecule has 0 aromatic rings. The SMILES string of the molecule is CC1(O)CC(O)CC(CCl)O1. The van der Waals surface area contributed by atoms with E-state index in [0.717, 1.165) is 0 Å². The van der Waals surface area contributed by atoms with Crippen LogP contribution in [0.25, 0.3) is 0 Å². The molecule has 0 aromatic carbocycles. The Labute approximate surface area is 70.9 Å². The predicted octanol–water partition coefficient (Wildman–Crippen LogP) is 0.474. The van der Waals surface area contributed by atoms with E-state index in [4.69, 9.17) is 16.3 Å². The average molecular weight is 181 g/mol. The molecule has 0 spiro atoms. The summed E-state index contributed by atoms with van der Waals surface area (Å²) in [6.45, 7) is 1.54. The Kier molecular flexibility index (Phi) is 2.75. The Morgan fingerprint density at radius 2 is 2.36 bits per heavy atom. The van der Waals surface area contributed by atoms with Crippen LogP contribution in [0.4, 0.5) is 0 Å². The highest BCUT2D eigenvalue weighted by molar-refractivity contribution is 6.18. The Morgan fingerprint density at radius 1 is 1.73 bits per heavy atom. The molecule has 1 aliphatic rings. The van der Waals surface area contributed by atoms with Crippen molar-refractivity contribution in [3.63, 3.8) is 0 Å². The molecule has 0 amide bonds. The van der Waals surface area contributed by atoms with E-state index in [2.05, 4.69) is 0 Å². The molecular formula is C7H13ClO3. The second-order valence-electron chi connectivity index (χ2n) is 3.16. The molecule has 3 nitrogen and oxygen atoms in total. The monoisotopic (exact) mass is 180 g/mol. The predicted molar refractivity (Wildman–Crippen MR) is 41.5 cm³/mol. The number of halogens is 1. The number of rotatable bonds is 1. The average Bonchev–Trinajstić information content (AvgIpc) is 1.83. The minimum Gasteiger partial charge on any atom is -0.393 e. The third-order valence-electron chi connectivity index (χ3n) is 1.74. The van der Waals surface area contributed by atoms with Crippen molar-refractivity contribution in [2.24, 2.45) is 0 Å². The first kappa shape index (κ1) is 9.26. The van der Waals surface area contributed by atoms with E-state index in [9.17, 15) is 10.2 Å². The highest BCUT2D eigenvalue weighted by Crippen LogP contribution is 2.26. The van der Waals surface area contributed by atoms with Crippen molar-refractivity contribution in [1.82, 2.24) is 0 Å². The summed E-state index contributed by atoms with van der Waals surface area (Å²) >= 11 is 5.53. The normalized spacial score (nSPS) is 45.8. The lowest BCUT2D eigenvalue weighted by molar-refractivity contribution is -0.256. The van der Waals surface area contributed by atoms with Gasteiger partial charge in [0.1, 0.15) is 0 Å². The molecule has 3 atom stereocenters. The summed E-state index contributed by atoms with van der Waals surface area (Å²) in [6, 6.07) is 0. The molecule has 0 saturated carbocycles. The third kappa shape index (κ3) is 2.60. The van der Waals surface area contributed by atoms with Crippen LogP contribution in [0.3, 0.4) is 0 Å².